The molecule has 0 radical (unpaired) electrons. The van der Waals surface area contributed by atoms with Crippen LogP contribution in [0.15, 0.2) is 12.1 Å². The van der Waals surface area contributed by atoms with E-state index in [1.165, 1.54) is 5.06 Å². The molecule has 0 saturated carbocycles. The Kier molecular flexibility index (Phi) is 3.25. The van der Waals surface area contributed by atoms with E-state index in [9.17, 15) is 0 Å². The van der Waals surface area contributed by atoms with E-state index in [1.54, 1.807) is 26.3 Å². The van der Waals surface area contributed by atoms with Crippen LogP contribution in [-0.4, -0.2) is 14.2 Å². The molecule has 0 aromatic heterocycles. The van der Waals surface area contributed by atoms with E-state index in [4.69, 9.17) is 33.8 Å². The smallest absolute Gasteiger partial charge is 0.0878 e. The number of anilines is 2. The molecule has 0 heterocycles. The van der Waals surface area contributed by atoms with Gasteiger partial charge in [0, 0.05) is 7.05 Å². The molecule has 72 valence electrons. The van der Waals surface area contributed by atoms with E-state index in [0.717, 1.165) is 0 Å². The molecule has 1 rings (SSSR count). The molecule has 0 aliphatic carbocycles. The van der Waals surface area contributed by atoms with Crippen LogP contribution in [0.25, 0.3) is 0 Å². The number of hydrogen-bond donors (Lipinski definition) is 1. The molecule has 0 aliphatic heterocycles. The molecule has 3 nitrogen and oxygen atoms in total. The number of hydroxylamine groups is 1. The second-order valence-electron chi connectivity index (χ2n) is 2.51. The summed E-state index contributed by atoms with van der Waals surface area (Å²) < 4.78 is 0. The lowest BCUT2D eigenvalue weighted by Gasteiger charge is -2.18. The zero-order valence-electron chi connectivity index (χ0n) is 7.34. The molecule has 1 aromatic rings. The molecule has 0 amide bonds. The van der Waals surface area contributed by atoms with Crippen LogP contribution in [0.1, 0.15) is 0 Å². The maximum Gasteiger partial charge on any atom is 0.0878 e. The van der Waals surface area contributed by atoms with Crippen molar-refractivity contribution >= 4 is 34.6 Å². The van der Waals surface area contributed by atoms with Gasteiger partial charge in [0.05, 0.1) is 28.5 Å². The first kappa shape index (κ1) is 10.4. The molecule has 0 saturated heterocycles. The molecule has 5 heteroatoms. The van der Waals surface area contributed by atoms with Gasteiger partial charge in [-0.05, 0) is 12.1 Å². The van der Waals surface area contributed by atoms with Crippen LogP contribution < -0.4 is 10.8 Å². The number of nitrogen functional groups attached to an aromatic ring is 1. The minimum atomic E-state index is 0.437. The van der Waals surface area contributed by atoms with Crippen molar-refractivity contribution in [3.05, 3.63) is 22.2 Å². The van der Waals surface area contributed by atoms with Crippen LogP contribution in [0.4, 0.5) is 11.4 Å². The number of hydrogen-bond acceptors (Lipinski definition) is 3. The van der Waals surface area contributed by atoms with Crippen LogP contribution in [0, 0.1) is 0 Å². The van der Waals surface area contributed by atoms with Crippen molar-refractivity contribution in [2.24, 2.45) is 0 Å². The Morgan fingerprint density at radius 2 is 1.85 bits per heavy atom. The van der Waals surface area contributed by atoms with Crippen molar-refractivity contribution in [2.75, 3.05) is 25.0 Å². The van der Waals surface area contributed by atoms with Gasteiger partial charge in [-0.3, -0.25) is 9.90 Å². The summed E-state index contributed by atoms with van der Waals surface area (Å²) in [6, 6.07) is 3.25. The van der Waals surface area contributed by atoms with Gasteiger partial charge in [0.25, 0.3) is 0 Å². The highest BCUT2D eigenvalue weighted by Crippen LogP contribution is 2.32. The maximum atomic E-state index is 5.82. The summed E-state index contributed by atoms with van der Waals surface area (Å²) in [4.78, 5) is 4.96. The Bertz CT molecular complexity index is 317. The molecule has 0 atom stereocenters. The number of nitrogens with zero attached hydrogens (tertiary/aromatic N) is 1. The van der Waals surface area contributed by atoms with Crippen molar-refractivity contribution in [2.45, 2.75) is 0 Å². The van der Waals surface area contributed by atoms with Crippen LogP contribution in [0.5, 0.6) is 0 Å². The standard InChI is InChI=1S/C8H10Cl2N2O/c1-12(13-2)8-4-6(10)5(9)3-7(8)11/h3-4H,11H2,1-2H3. The van der Waals surface area contributed by atoms with Crippen molar-refractivity contribution < 1.29 is 4.84 Å². The van der Waals surface area contributed by atoms with Gasteiger partial charge in [-0.25, -0.2) is 0 Å². The minimum Gasteiger partial charge on any atom is -0.397 e. The average molecular weight is 221 g/mol. The summed E-state index contributed by atoms with van der Waals surface area (Å²) in [5.41, 5.74) is 6.92. The highest BCUT2D eigenvalue weighted by molar-refractivity contribution is 6.42. The normalized spacial score (nSPS) is 10.2. The Balaban J connectivity index is 3.15. The highest BCUT2D eigenvalue weighted by atomic mass is 35.5. The molecular formula is C8H10Cl2N2O. The molecule has 2 N–H and O–H groups in total. The van der Waals surface area contributed by atoms with Gasteiger partial charge in [-0.15, -0.1) is 0 Å². The number of rotatable bonds is 2. The number of benzene rings is 1. The molecule has 0 bridgehead atoms. The first-order valence-electron chi connectivity index (χ1n) is 3.58. The first-order valence-corrected chi connectivity index (χ1v) is 4.34. The molecule has 1 aromatic carbocycles. The van der Waals surface area contributed by atoms with Gasteiger partial charge in [-0.1, -0.05) is 23.2 Å². The SMILES string of the molecule is CON(C)c1cc(Cl)c(Cl)cc1N. The third-order valence-electron chi connectivity index (χ3n) is 1.68. The van der Waals surface area contributed by atoms with Crippen LogP contribution in [-0.2, 0) is 4.84 Å². The fourth-order valence-corrected chi connectivity index (χ4v) is 1.25. The van der Waals surface area contributed by atoms with E-state index < -0.39 is 0 Å². The third-order valence-corrected chi connectivity index (χ3v) is 2.40. The lowest BCUT2D eigenvalue weighted by atomic mass is 10.2. The summed E-state index contributed by atoms with van der Waals surface area (Å²) >= 11 is 11.6. The Labute approximate surface area is 86.9 Å². The predicted molar refractivity (Wildman–Crippen MR) is 56.3 cm³/mol. The summed E-state index contributed by atoms with van der Waals surface area (Å²) in [6.45, 7) is 0. The minimum absolute atomic E-state index is 0.437. The first-order chi connectivity index (χ1) is 6.06. The second-order valence-corrected chi connectivity index (χ2v) is 3.32. The van der Waals surface area contributed by atoms with E-state index in [1.807, 2.05) is 0 Å². The van der Waals surface area contributed by atoms with Gasteiger partial charge >= 0.3 is 0 Å². The molecule has 0 unspecified atom stereocenters. The third kappa shape index (κ3) is 2.18. The van der Waals surface area contributed by atoms with E-state index in [0.29, 0.717) is 21.4 Å². The second kappa shape index (κ2) is 4.05. The number of halogens is 2. The molecule has 13 heavy (non-hydrogen) atoms. The monoisotopic (exact) mass is 220 g/mol. The highest BCUT2D eigenvalue weighted by Gasteiger charge is 2.08. The van der Waals surface area contributed by atoms with E-state index in [-0.39, 0.29) is 0 Å². The Morgan fingerprint density at radius 1 is 1.31 bits per heavy atom. The predicted octanol–water partition coefficient (Wildman–Crippen LogP) is 2.57. The van der Waals surface area contributed by atoms with Crippen molar-refractivity contribution in [3.8, 4) is 0 Å². The largest absolute Gasteiger partial charge is 0.397 e. The van der Waals surface area contributed by atoms with E-state index in [2.05, 4.69) is 0 Å². The van der Waals surface area contributed by atoms with E-state index >= 15 is 0 Å². The van der Waals surface area contributed by atoms with Gasteiger partial charge in [0.2, 0.25) is 0 Å². The molecular weight excluding hydrogens is 211 g/mol. The average Bonchev–Trinajstić information content (AvgIpc) is 2.10. The summed E-state index contributed by atoms with van der Waals surface area (Å²) in [5.74, 6) is 0. The Hall–Kier alpha value is -0.640. The maximum absolute atomic E-state index is 5.82. The van der Waals surface area contributed by atoms with Crippen molar-refractivity contribution in [1.82, 2.24) is 0 Å². The zero-order valence-corrected chi connectivity index (χ0v) is 8.86. The quantitative estimate of drug-likeness (QED) is 0.616. The Morgan fingerprint density at radius 3 is 2.38 bits per heavy atom. The van der Waals surface area contributed by atoms with Gasteiger partial charge in [0.1, 0.15) is 0 Å². The van der Waals surface area contributed by atoms with Crippen molar-refractivity contribution in [3.63, 3.8) is 0 Å². The molecule has 0 spiro atoms. The van der Waals surface area contributed by atoms with Crippen LogP contribution in [0.2, 0.25) is 10.0 Å². The number of nitrogens with two attached hydrogens (primary N) is 1. The van der Waals surface area contributed by atoms with Gasteiger partial charge in [0.15, 0.2) is 0 Å². The molecule has 0 fully saturated rings. The van der Waals surface area contributed by atoms with Crippen molar-refractivity contribution in [1.29, 1.82) is 0 Å². The molecule has 0 aliphatic rings. The van der Waals surface area contributed by atoms with Gasteiger partial charge in [-0.2, -0.15) is 0 Å². The fraction of sp³-hybridized carbons (Fsp3) is 0.250. The zero-order chi connectivity index (χ0) is 10.0. The lowest BCUT2D eigenvalue weighted by Crippen LogP contribution is -2.16. The van der Waals surface area contributed by atoms with Gasteiger partial charge < -0.3 is 5.73 Å². The summed E-state index contributed by atoms with van der Waals surface area (Å²) in [6.07, 6.45) is 0. The summed E-state index contributed by atoms with van der Waals surface area (Å²) in [7, 11) is 3.28. The lowest BCUT2D eigenvalue weighted by molar-refractivity contribution is 0.185. The van der Waals surface area contributed by atoms with Crippen LogP contribution >= 0.6 is 23.2 Å². The van der Waals surface area contributed by atoms with Crippen LogP contribution in [0.3, 0.4) is 0 Å². The fourth-order valence-electron chi connectivity index (χ4n) is 0.923. The topological polar surface area (TPSA) is 38.5 Å². The summed E-state index contributed by atoms with van der Waals surface area (Å²) in [5, 5.41) is 2.40.